The lowest BCUT2D eigenvalue weighted by molar-refractivity contribution is -0.122. The number of carbonyl (C=O) groups excluding carboxylic acids is 1. The van der Waals surface area contributed by atoms with E-state index in [4.69, 9.17) is 0 Å². The van der Waals surface area contributed by atoms with Crippen molar-refractivity contribution in [3.63, 3.8) is 0 Å². The fourth-order valence-corrected chi connectivity index (χ4v) is 3.06. The van der Waals surface area contributed by atoms with Crippen LogP contribution in [-0.2, 0) is 31.4 Å². The smallest absolute Gasteiger partial charge is 0.331 e. The third-order valence-electron chi connectivity index (χ3n) is 4.43. The summed E-state index contributed by atoms with van der Waals surface area (Å²) in [7, 11) is 1.39. The van der Waals surface area contributed by atoms with Gasteiger partial charge < -0.3 is 9.88 Å². The summed E-state index contributed by atoms with van der Waals surface area (Å²) in [6.45, 7) is 4.64. The molecule has 2 aromatic heterocycles. The summed E-state index contributed by atoms with van der Waals surface area (Å²) in [5.74, 6) is 1.87. The van der Waals surface area contributed by atoms with Crippen LogP contribution in [0.15, 0.2) is 21.9 Å². The van der Waals surface area contributed by atoms with Gasteiger partial charge in [-0.2, -0.15) is 0 Å². The Morgan fingerprint density at radius 3 is 2.84 bits per heavy atom. The van der Waals surface area contributed by atoms with Gasteiger partial charge in [-0.1, -0.05) is 13.8 Å². The highest BCUT2D eigenvalue weighted by atomic mass is 16.2. The average Bonchev–Trinajstić information content (AvgIpc) is 2.99. The van der Waals surface area contributed by atoms with Crippen molar-refractivity contribution in [1.29, 1.82) is 0 Å². The molecule has 0 aromatic carbocycles. The number of aromatic nitrogens is 5. The van der Waals surface area contributed by atoms with Crippen molar-refractivity contribution < 1.29 is 4.79 Å². The molecule has 9 heteroatoms. The van der Waals surface area contributed by atoms with Gasteiger partial charge in [-0.25, -0.2) is 4.79 Å². The van der Waals surface area contributed by atoms with Crippen LogP contribution in [0.4, 0.5) is 0 Å². The zero-order chi connectivity index (χ0) is 18.1. The third-order valence-corrected chi connectivity index (χ3v) is 4.43. The van der Waals surface area contributed by atoms with Gasteiger partial charge >= 0.3 is 5.69 Å². The van der Waals surface area contributed by atoms with E-state index in [0.717, 1.165) is 29.1 Å². The summed E-state index contributed by atoms with van der Waals surface area (Å²) in [5, 5.41) is 11.4. The first-order valence-corrected chi connectivity index (χ1v) is 8.34. The molecule has 0 spiro atoms. The molecule has 134 valence electrons. The predicted octanol–water partition coefficient (Wildman–Crippen LogP) is -0.607. The maximum atomic E-state index is 12.3. The van der Waals surface area contributed by atoms with Crippen molar-refractivity contribution in [3.8, 4) is 0 Å². The Morgan fingerprint density at radius 1 is 1.36 bits per heavy atom. The summed E-state index contributed by atoms with van der Waals surface area (Å²) in [4.78, 5) is 35.7. The molecule has 0 saturated heterocycles. The molecule has 0 bridgehead atoms. The molecule has 9 nitrogen and oxygen atoms in total. The van der Waals surface area contributed by atoms with Crippen LogP contribution in [-0.4, -0.2) is 35.8 Å². The van der Waals surface area contributed by atoms with Crippen LogP contribution in [0.1, 0.15) is 37.8 Å². The minimum atomic E-state index is -0.505. The molecule has 0 unspecified atom stereocenters. The van der Waals surface area contributed by atoms with Gasteiger partial charge in [0.15, 0.2) is 0 Å². The number of rotatable bonds is 4. The highest BCUT2D eigenvalue weighted by Crippen LogP contribution is 2.19. The molecule has 1 aliphatic heterocycles. The predicted molar refractivity (Wildman–Crippen MR) is 90.3 cm³/mol. The van der Waals surface area contributed by atoms with Crippen molar-refractivity contribution in [2.75, 3.05) is 0 Å². The maximum Gasteiger partial charge on any atom is 0.331 e. The Bertz CT molecular complexity index is 907. The molecule has 0 saturated carbocycles. The van der Waals surface area contributed by atoms with Gasteiger partial charge in [0, 0.05) is 44.2 Å². The zero-order valence-corrected chi connectivity index (χ0v) is 14.6. The van der Waals surface area contributed by atoms with Crippen molar-refractivity contribution in [3.05, 3.63) is 44.8 Å². The second-order valence-corrected chi connectivity index (χ2v) is 6.67. The van der Waals surface area contributed by atoms with Gasteiger partial charge in [-0.15, -0.1) is 10.2 Å². The summed E-state index contributed by atoms with van der Waals surface area (Å²) in [6.07, 6.45) is 2.88. The lowest BCUT2D eigenvalue weighted by Crippen LogP contribution is -2.45. The fourth-order valence-electron chi connectivity index (χ4n) is 3.06. The molecule has 1 N–H and O–H groups in total. The number of fused-ring (bicyclic) bond motifs is 1. The fraction of sp³-hybridized carbons (Fsp3) is 0.562. The van der Waals surface area contributed by atoms with E-state index in [0.29, 0.717) is 6.54 Å². The van der Waals surface area contributed by atoms with Crippen LogP contribution >= 0.6 is 0 Å². The van der Waals surface area contributed by atoms with Gasteiger partial charge in [-0.3, -0.25) is 18.7 Å². The van der Waals surface area contributed by atoms with Crippen LogP contribution in [0.3, 0.4) is 0 Å². The molecule has 0 fully saturated rings. The first kappa shape index (κ1) is 17.1. The number of amides is 1. The van der Waals surface area contributed by atoms with E-state index in [1.807, 2.05) is 0 Å². The van der Waals surface area contributed by atoms with Crippen LogP contribution in [0, 0.1) is 0 Å². The minimum absolute atomic E-state index is 0.0308. The topological polar surface area (TPSA) is 104 Å². The molecule has 2 aromatic rings. The number of nitrogens with zero attached hydrogens (tertiary/aromatic N) is 5. The third kappa shape index (κ3) is 3.40. The van der Waals surface area contributed by atoms with Gasteiger partial charge in [0.1, 0.15) is 18.2 Å². The average molecular weight is 346 g/mol. The first-order chi connectivity index (χ1) is 11.9. The lowest BCUT2D eigenvalue weighted by Gasteiger charge is -2.26. The highest BCUT2D eigenvalue weighted by Gasteiger charge is 2.25. The normalized spacial score (nSPS) is 16.7. The maximum absolute atomic E-state index is 12.3. The van der Waals surface area contributed by atoms with Crippen molar-refractivity contribution >= 4 is 5.91 Å². The molecule has 3 rings (SSSR count). The molecule has 1 aliphatic rings. The number of hydrogen-bond donors (Lipinski definition) is 1. The number of carbonyl (C=O) groups is 1. The van der Waals surface area contributed by atoms with E-state index >= 15 is 0 Å². The van der Waals surface area contributed by atoms with Crippen molar-refractivity contribution in [2.45, 2.75) is 51.7 Å². The second-order valence-electron chi connectivity index (χ2n) is 6.67. The summed E-state index contributed by atoms with van der Waals surface area (Å²) in [5.41, 5.74) is -0.898. The minimum Gasteiger partial charge on any atom is -0.350 e. The molecular weight excluding hydrogens is 324 g/mol. The van der Waals surface area contributed by atoms with E-state index in [9.17, 15) is 14.4 Å². The van der Waals surface area contributed by atoms with Gasteiger partial charge in [0.05, 0.1) is 0 Å². The Hall–Kier alpha value is -2.71. The molecule has 1 atom stereocenters. The summed E-state index contributed by atoms with van der Waals surface area (Å²) in [6, 6.07) is 1.24. The second kappa shape index (κ2) is 6.66. The quantitative estimate of drug-likeness (QED) is 0.796. The van der Waals surface area contributed by atoms with Crippen LogP contribution in [0.25, 0.3) is 0 Å². The number of nitrogens with one attached hydrogen (secondary N) is 1. The van der Waals surface area contributed by atoms with Crippen LogP contribution in [0.5, 0.6) is 0 Å². The Labute approximate surface area is 144 Å². The molecule has 25 heavy (non-hydrogen) atoms. The van der Waals surface area contributed by atoms with Crippen LogP contribution in [0.2, 0.25) is 0 Å². The Morgan fingerprint density at radius 2 is 2.12 bits per heavy atom. The highest BCUT2D eigenvalue weighted by molar-refractivity contribution is 5.76. The van der Waals surface area contributed by atoms with E-state index < -0.39 is 11.2 Å². The van der Waals surface area contributed by atoms with E-state index in [2.05, 4.69) is 33.9 Å². The monoisotopic (exact) mass is 346 g/mol. The number of aryl methyl sites for hydroxylation is 1. The zero-order valence-electron chi connectivity index (χ0n) is 14.6. The van der Waals surface area contributed by atoms with Gasteiger partial charge in [0.2, 0.25) is 5.91 Å². The molecule has 0 aliphatic carbocycles. The van der Waals surface area contributed by atoms with E-state index in [-0.39, 0.29) is 24.4 Å². The van der Waals surface area contributed by atoms with Crippen LogP contribution < -0.4 is 16.6 Å². The van der Waals surface area contributed by atoms with E-state index in [1.54, 1.807) is 0 Å². The molecule has 1 amide bonds. The van der Waals surface area contributed by atoms with Crippen molar-refractivity contribution in [2.24, 2.45) is 7.05 Å². The van der Waals surface area contributed by atoms with Gasteiger partial charge in [-0.05, 0) is 6.42 Å². The SMILES string of the molecule is CC(C)c1nnc2n1C[C@@H](NC(=O)Cn1ccc(=O)n(C)c1=O)CC2. The van der Waals surface area contributed by atoms with E-state index in [1.165, 1.54) is 23.9 Å². The van der Waals surface area contributed by atoms with Crippen molar-refractivity contribution in [1.82, 2.24) is 29.2 Å². The first-order valence-electron chi connectivity index (χ1n) is 8.34. The Balaban J connectivity index is 1.68. The van der Waals surface area contributed by atoms with Gasteiger partial charge in [0.25, 0.3) is 5.56 Å². The largest absolute Gasteiger partial charge is 0.350 e. The summed E-state index contributed by atoms with van der Waals surface area (Å²) < 4.78 is 4.27. The molecule has 0 radical (unpaired) electrons. The lowest BCUT2D eigenvalue weighted by atomic mass is 10.1. The number of hydrogen-bond acceptors (Lipinski definition) is 5. The molecule has 3 heterocycles. The Kier molecular flexibility index (Phi) is 4.56. The standard InChI is InChI=1S/C16H22N6O3/c1-10(2)15-19-18-12-5-4-11(8-22(12)15)17-13(23)9-21-7-6-14(24)20(3)16(21)25/h6-7,10-11H,4-5,8-9H2,1-3H3,(H,17,23)/t11-/m0/s1. The summed E-state index contributed by atoms with van der Waals surface area (Å²) >= 11 is 0. The molecular formula is C16H22N6O3.